The summed E-state index contributed by atoms with van der Waals surface area (Å²) in [6.07, 6.45) is 4.99. The lowest BCUT2D eigenvalue weighted by Crippen LogP contribution is -2.17. The number of para-hydroxylation sites is 1. The first kappa shape index (κ1) is 12.9. The van der Waals surface area contributed by atoms with Gasteiger partial charge < -0.3 is 4.90 Å². The Kier molecular flexibility index (Phi) is 3.56. The molecule has 1 aromatic heterocycles. The highest BCUT2D eigenvalue weighted by atomic mass is 32.2. The van der Waals surface area contributed by atoms with Crippen LogP contribution in [0.3, 0.4) is 0 Å². The molecule has 0 N–H and O–H groups in total. The summed E-state index contributed by atoms with van der Waals surface area (Å²) in [5, 5.41) is 0.982. The minimum atomic E-state index is 0.0150. The number of carbonyl (C=O) groups excluding carboxylic acids is 1. The van der Waals surface area contributed by atoms with Crippen LogP contribution in [0.2, 0.25) is 0 Å². The lowest BCUT2D eigenvalue weighted by molar-refractivity contribution is 0.104. The summed E-state index contributed by atoms with van der Waals surface area (Å²) in [6, 6.07) is 11.7. The van der Waals surface area contributed by atoms with Gasteiger partial charge in [-0.2, -0.15) is 0 Å². The third-order valence-electron chi connectivity index (χ3n) is 3.17. The second-order valence-electron chi connectivity index (χ2n) is 4.40. The topological polar surface area (TPSA) is 33.2 Å². The Balaban J connectivity index is 1.92. The predicted molar refractivity (Wildman–Crippen MR) is 82.0 cm³/mol. The van der Waals surface area contributed by atoms with E-state index in [9.17, 15) is 4.79 Å². The molecule has 20 heavy (non-hydrogen) atoms. The molecule has 2 aromatic rings. The highest BCUT2D eigenvalue weighted by molar-refractivity contribution is 8.03. The summed E-state index contributed by atoms with van der Waals surface area (Å²) < 4.78 is 0. The van der Waals surface area contributed by atoms with Crippen LogP contribution in [-0.4, -0.2) is 17.3 Å². The standard InChI is InChI=1S/C16H14N2OS/c1-2-18-13-5-3-4-6-15(13)20-16(18)11-14(19)12-7-9-17-10-8-12/h3-11H,2H2,1H3/b16-11-. The maximum absolute atomic E-state index is 12.3. The van der Waals surface area contributed by atoms with Crippen molar-refractivity contribution in [3.05, 3.63) is 65.5 Å². The molecule has 3 rings (SSSR count). The highest BCUT2D eigenvalue weighted by Crippen LogP contribution is 2.45. The average Bonchev–Trinajstić information content (AvgIpc) is 2.85. The number of pyridine rings is 1. The molecule has 100 valence electrons. The number of nitrogens with zero attached hydrogens (tertiary/aromatic N) is 2. The fraction of sp³-hybridized carbons (Fsp3) is 0.125. The van der Waals surface area contributed by atoms with Crippen LogP contribution in [0, 0.1) is 0 Å². The number of rotatable bonds is 3. The first-order chi connectivity index (χ1) is 9.79. The number of thioether (sulfide) groups is 1. The molecule has 0 radical (unpaired) electrons. The van der Waals surface area contributed by atoms with Gasteiger partial charge >= 0.3 is 0 Å². The molecular weight excluding hydrogens is 268 g/mol. The molecule has 0 unspecified atom stereocenters. The molecule has 0 spiro atoms. The highest BCUT2D eigenvalue weighted by Gasteiger charge is 2.24. The number of carbonyl (C=O) groups is 1. The number of anilines is 1. The van der Waals surface area contributed by atoms with E-state index in [0.29, 0.717) is 5.56 Å². The monoisotopic (exact) mass is 282 g/mol. The first-order valence-corrected chi connectivity index (χ1v) is 7.31. The van der Waals surface area contributed by atoms with Crippen molar-refractivity contribution >= 4 is 23.2 Å². The van der Waals surface area contributed by atoms with Crippen LogP contribution in [0.15, 0.2) is 64.8 Å². The van der Waals surface area contributed by atoms with Crippen LogP contribution in [0.1, 0.15) is 17.3 Å². The van der Waals surface area contributed by atoms with E-state index in [0.717, 1.165) is 11.6 Å². The van der Waals surface area contributed by atoms with E-state index >= 15 is 0 Å². The van der Waals surface area contributed by atoms with Crippen molar-refractivity contribution in [2.24, 2.45) is 0 Å². The molecule has 0 bridgehead atoms. The zero-order valence-electron chi connectivity index (χ0n) is 11.1. The predicted octanol–water partition coefficient (Wildman–Crippen LogP) is 3.74. The van der Waals surface area contributed by atoms with Crippen molar-refractivity contribution in [2.45, 2.75) is 11.8 Å². The van der Waals surface area contributed by atoms with E-state index in [1.165, 1.54) is 10.6 Å². The minimum absolute atomic E-state index is 0.0150. The van der Waals surface area contributed by atoms with Gasteiger partial charge in [0, 0.05) is 35.5 Å². The number of ketones is 1. The molecule has 0 amide bonds. The SMILES string of the molecule is CCN1/C(=C/C(=O)c2ccncc2)Sc2ccccc21. The third kappa shape index (κ3) is 2.34. The van der Waals surface area contributed by atoms with Crippen molar-refractivity contribution in [2.75, 3.05) is 11.4 Å². The van der Waals surface area contributed by atoms with Crippen molar-refractivity contribution in [3.63, 3.8) is 0 Å². The van der Waals surface area contributed by atoms with Gasteiger partial charge in [-0.15, -0.1) is 0 Å². The van der Waals surface area contributed by atoms with Crippen LogP contribution in [-0.2, 0) is 0 Å². The second-order valence-corrected chi connectivity index (χ2v) is 5.46. The molecule has 0 fully saturated rings. The second kappa shape index (κ2) is 5.51. The number of fused-ring (bicyclic) bond motifs is 1. The number of hydrogen-bond donors (Lipinski definition) is 0. The van der Waals surface area contributed by atoms with Crippen LogP contribution in [0.5, 0.6) is 0 Å². The third-order valence-corrected chi connectivity index (χ3v) is 4.28. The van der Waals surface area contributed by atoms with Crippen LogP contribution in [0.25, 0.3) is 0 Å². The Morgan fingerprint density at radius 3 is 2.75 bits per heavy atom. The van der Waals surface area contributed by atoms with E-state index < -0.39 is 0 Å². The Morgan fingerprint density at radius 2 is 2.00 bits per heavy atom. The van der Waals surface area contributed by atoms with E-state index in [1.54, 1.807) is 42.4 Å². The molecule has 1 aliphatic rings. The molecule has 0 saturated carbocycles. The van der Waals surface area contributed by atoms with Gasteiger partial charge in [-0.1, -0.05) is 23.9 Å². The van der Waals surface area contributed by atoms with E-state index in [1.807, 2.05) is 12.1 Å². The Hall–Kier alpha value is -2.07. The summed E-state index contributed by atoms with van der Waals surface area (Å²) in [6.45, 7) is 2.94. The zero-order valence-corrected chi connectivity index (χ0v) is 11.9. The van der Waals surface area contributed by atoms with Gasteiger partial charge in [0.2, 0.25) is 0 Å². The smallest absolute Gasteiger partial charge is 0.188 e. The quantitative estimate of drug-likeness (QED) is 0.634. The normalized spacial score (nSPS) is 15.4. The number of hydrogen-bond acceptors (Lipinski definition) is 4. The maximum Gasteiger partial charge on any atom is 0.188 e. The van der Waals surface area contributed by atoms with Gasteiger partial charge in [-0.05, 0) is 31.2 Å². The Bertz CT molecular complexity index is 667. The molecule has 1 aliphatic heterocycles. The number of allylic oxidation sites excluding steroid dienone is 1. The summed E-state index contributed by atoms with van der Waals surface area (Å²) >= 11 is 1.64. The molecule has 3 nitrogen and oxygen atoms in total. The van der Waals surface area contributed by atoms with Gasteiger partial charge in [-0.25, -0.2) is 0 Å². The number of benzene rings is 1. The van der Waals surface area contributed by atoms with Crippen molar-refractivity contribution in [3.8, 4) is 0 Å². The van der Waals surface area contributed by atoms with Gasteiger partial charge in [0.05, 0.1) is 10.7 Å². The molecule has 0 saturated heterocycles. The van der Waals surface area contributed by atoms with Crippen molar-refractivity contribution in [1.82, 2.24) is 4.98 Å². The Labute approximate surface area is 122 Å². The van der Waals surface area contributed by atoms with Crippen LogP contribution in [0.4, 0.5) is 5.69 Å². The van der Waals surface area contributed by atoms with Crippen LogP contribution < -0.4 is 4.90 Å². The molecule has 0 atom stereocenters. The molecule has 1 aromatic carbocycles. The fourth-order valence-corrected chi connectivity index (χ4v) is 3.36. The molecule has 0 aliphatic carbocycles. The average molecular weight is 282 g/mol. The van der Waals surface area contributed by atoms with Gasteiger partial charge in [0.25, 0.3) is 0 Å². The minimum Gasteiger partial charge on any atom is -0.335 e. The van der Waals surface area contributed by atoms with Gasteiger partial charge in [0.1, 0.15) is 0 Å². The van der Waals surface area contributed by atoms with Gasteiger partial charge in [-0.3, -0.25) is 9.78 Å². The van der Waals surface area contributed by atoms with Gasteiger partial charge in [0.15, 0.2) is 5.78 Å². The molecule has 2 heterocycles. The maximum atomic E-state index is 12.3. The first-order valence-electron chi connectivity index (χ1n) is 6.50. The number of aromatic nitrogens is 1. The van der Waals surface area contributed by atoms with Crippen molar-refractivity contribution < 1.29 is 4.79 Å². The van der Waals surface area contributed by atoms with Crippen LogP contribution >= 0.6 is 11.8 Å². The van der Waals surface area contributed by atoms with E-state index in [-0.39, 0.29) is 5.78 Å². The molecule has 4 heteroatoms. The summed E-state index contributed by atoms with van der Waals surface area (Å²) in [5.41, 5.74) is 1.84. The summed E-state index contributed by atoms with van der Waals surface area (Å²) in [5.74, 6) is 0.0150. The summed E-state index contributed by atoms with van der Waals surface area (Å²) in [4.78, 5) is 19.6. The van der Waals surface area contributed by atoms with E-state index in [2.05, 4.69) is 28.9 Å². The largest absolute Gasteiger partial charge is 0.335 e. The molecular formula is C16H14N2OS. The summed E-state index contributed by atoms with van der Waals surface area (Å²) in [7, 11) is 0. The van der Waals surface area contributed by atoms with Crippen molar-refractivity contribution in [1.29, 1.82) is 0 Å². The van der Waals surface area contributed by atoms with E-state index in [4.69, 9.17) is 0 Å². The lowest BCUT2D eigenvalue weighted by atomic mass is 10.2. The lowest BCUT2D eigenvalue weighted by Gasteiger charge is -2.17. The zero-order chi connectivity index (χ0) is 13.9. The Morgan fingerprint density at radius 1 is 1.25 bits per heavy atom. The fourth-order valence-electron chi connectivity index (χ4n) is 2.20.